The lowest BCUT2D eigenvalue weighted by Gasteiger charge is -2.29. The molecule has 0 spiro atoms. The zero-order chi connectivity index (χ0) is 27.2. The van der Waals surface area contributed by atoms with Crippen LogP contribution in [0, 0.1) is 0 Å². The molecule has 8 nitrogen and oxygen atoms in total. The van der Waals surface area contributed by atoms with Crippen molar-refractivity contribution in [2.75, 3.05) is 21.3 Å². The van der Waals surface area contributed by atoms with E-state index in [0.29, 0.717) is 66.2 Å². The Bertz CT molecular complexity index is 1250. The molecule has 2 atom stereocenters. The third kappa shape index (κ3) is 5.85. The molecule has 0 N–H and O–H groups in total. The molecule has 0 aromatic heterocycles. The van der Waals surface area contributed by atoms with Gasteiger partial charge in [0.2, 0.25) is 0 Å². The van der Waals surface area contributed by atoms with Crippen LogP contribution in [-0.2, 0) is 14.3 Å². The van der Waals surface area contributed by atoms with Gasteiger partial charge in [-0.25, -0.2) is 4.79 Å². The Morgan fingerprint density at radius 3 is 2.42 bits per heavy atom. The molecule has 2 heterocycles. The number of cyclic esters (lactones) is 1. The van der Waals surface area contributed by atoms with Crippen LogP contribution in [-0.4, -0.2) is 45.2 Å². The number of allylic oxidation sites excluding steroid dienone is 1. The summed E-state index contributed by atoms with van der Waals surface area (Å²) in [6.45, 7) is 1.82. The predicted molar refractivity (Wildman–Crippen MR) is 141 cm³/mol. The lowest BCUT2D eigenvalue weighted by molar-refractivity contribution is -0.135. The standard InChI is InChI=1S/C30H34O8/c1-18-9-8-12-21(31)11-7-5-6-10-20-16-25-28(29(36-4)27(20)30(33)37-18)22(17-26(32)38-25)19-13-14-23(34-2)24(15-19)35-3/h6,10,13-16,18,22H,5,7-9,11-12,17H2,1-4H3/t18-,22-/m0/s1. The number of hydrogen-bond acceptors (Lipinski definition) is 8. The van der Waals surface area contributed by atoms with Crippen LogP contribution >= 0.6 is 0 Å². The highest BCUT2D eigenvalue weighted by Gasteiger charge is 2.36. The Labute approximate surface area is 222 Å². The summed E-state index contributed by atoms with van der Waals surface area (Å²) in [6.07, 6.45) is 7.04. The second-order valence-electron chi connectivity index (χ2n) is 9.57. The third-order valence-electron chi connectivity index (χ3n) is 6.97. The number of fused-ring (bicyclic) bond motifs is 2. The molecule has 2 aliphatic heterocycles. The van der Waals surface area contributed by atoms with Crippen LogP contribution in [0.4, 0.5) is 0 Å². The van der Waals surface area contributed by atoms with Crippen molar-refractivity contribution >= 4 is 23.8 Å². The molecule has 0 unspecified atom stereocenters. The Hall–Kier alpha value is -3.81. The smallest absolute Gasteiger partial charge is 0.342 e. The van der Waals surface area contributed by atoms with E-state index in [1.165, 1.54) is 7.11 Å². The highest BCUT2D eigenvalue weighted by atomic mass is 16.5. The number of esters is 2. The monoisotopic (exact) mass is 522 g/mol. The van der Waals surface area contributed by atoms with Crippen LogP contribution in [0.5, 0.6) is 23.0 Å². The SMILES string of the molecule is COc1ccc([C@@H]2CC(=O)Oc3cc4c(c(OC)c32)C(=O)O[C@@H](C)CCCC(=O)CCCC=C4)cc1OC. The molecule has 0 saturated carbocycles. The Balaban J connectivity index is 1.86. The van der Waals surface area contributed by atoms with E-state index in [1.54, 1.807) is 32.4 Å². The summed E-state index contributed by atoms with van der Waals surface area (Å²) in [5.41, 5.74) is 2.21. The van der Waals surface area contributed by atoms with Crippen molar-refractivity contribution in [2.24, 2.45) is 0 Å². The van der Waals surface area contributed by atoms with E-state index in [4.69, 9.17) is 23.7 Å². The number of ketones is 1. The van der Waals surface area contributed by atoms with E-state index in [2.05, 4.69) is 0 Å². The Morgan fingerprint density at radius 2 is 1.68 bits per heavy atom. The average molecular weight is 523 g/mol. The average Bonchev–Trinajstić information content (AvgIpc) is 2.90. The van der Waals surface area contributed by atoms with Gasteiger partial charge in [-0.3, -0.25) is 9.59 Å². The van der Waals surface area contributed by atoms with E-state index >= 15 is 0 Å². The topological polar surface area (TPSA) is 97.4 Å². The molecule has 0 radical (unpaired) electrons. The van der Waals surface area contributed by atoms with E-state index in [9.17, 15) is 14.4 Å². The highest BCUT2D eigenvalue weighted by molar-refractivity contribution is 5.99. The van der Waals surface area contributed by atoms with Crippen LogP contribution in [0.3, 0.4) is 0 Å². The number of Topliss-reactive ketones (excluding diaryl/α,β-unsaturated/α-hetero) is 1. The minimum absolute atomic E-state index is 0.0624. The molecule has 0 saturated heterocycles. The fraction of sp³-hybridized carbons (Fsp3) is 0.433. The molecule has 38 heavy (non-hydrogen) atoms. The van der Waals surface area contributed by atoms with Gasteiger partial charge in [-0.1, -0.05) is 18.2 Å². The minimum atomic E-state index is -0.525. The van der Waals surface area contributed by atoms with E-state index in [1.807, 2.05) is 25.1 Å². The molecule has 4 rings (SSSR count). The third-order valence-corrected chi connectivity index (χ3v) is 6.97. The summed E-state index contributed by atoms with van der Waals surface area (Å²) in [5, 5.41) is 0. The van der Waals surface area contributed by atoms with Crippen LogP contribution in [0.2, 0.25) is 0 Å². The summed E-state index contributed by atoms with van der Waals surface area (Å²) in [7, 11) is 4.60. The maximum absolute atomic E-state index is 13.6. The Morgan fingerprint density at radius 1 is 0.921 bits per heavy atom. The number of methoxy groups -OCH3 is 3. The van der Waals surface area contributed by atoms with Crippen molar-refractivity contribution in [3.63, 3.8) is 0 Å². The van der Waals surface area contributed by atoms with Crippen molar-refractivity contribution in [3.05, 3.63) is 52.6 Å². The van der Waals surface area contributed by atoms with Gasteiger partial charge in [0, 0.05) is 24.3 Å². The van der Waals surface area contributed by atoms with Crippen molar-refractivity contribution in [2.45, 2.75) is 63.9 Å². The maximum Gasteiger partial charge on any atom is 0.342 e. The van der Waals surface area contributed by atoms with Crippen LogP contribution in [0.15, 0.2) is 30.3 Å². The first-order valence-corrected chi connectivity index (χ1v) is 12.9. The summed E-state index contributed by atoms with van der Waals surface area (Å²) >= 11 is 0. The number of ether oxygens (including phenoxy) is 5. The Kier molecular flexibility index (Phi) is 8.71. The van der Waals surface area contributed by atoms with Crippen LogP contribution < -0.4 is 18.9 Å². The molecule has 2 aromatic rings. The van der Waals surface area contributed by atoms with Gasteiger partial charge in [0.25, 0.3) is 0 Å². The van der Waals surface area contributed by atoms with Gasteiger partial charge in [-0.2, -0.15) is 0 Å². The van der Waals surface area contributed by atoms with Crippen LogP contribution in [0.25, 0.3) is 6.08 Å². The van der Waals surface area contributed by atoms with Gasteiger partial charge >= 0.3 is 11.9 Å². The molecule has 8 heteroatoms. The number of carbonyl (C=O) groups excluding carboxylic acids is 3. The zero-order valence-electron chi connectivity index (χ0n) is 22.3. The maximum atomic E-state index is 13.6. The van der Waals surface area contributed by atoms with E-state index in [0.717, 1.165) is 12.0 Å². The predicted octanol–water partition coefficient (Wildman–Crippen LogP) is 5.64. The summed E-state index contributed by atoms with van der Waals surface area (Å²) in [4.78, 5) is 38.4. The molecule has 0 fully saturated rings. The van der Waals surface area contributed by atoms with Crippen molar-refractivity contribution < 1.29 is 38.1 Å². The molecule has 2 aliphatic rings. The number of benzene rings is 2. The first-order valence-electron chi connectivity index (χ1n) is 12.9. The number of rotatable bonds is 4. The lowest BCUT2D eigenvalue weighted by Crippen LogP contribution is -2.24. The second-order valence-corrected chi connectivity index (χ2v) is 9.57. The quantitative estimate of drug-likeness (QED) is 0.376. The van der Waals surface area contributed by atoms with Crippen molar-refractivity contribution in [1.82, 2.24) is 0 Å². The number of carbonyl (C=O) groups is 3. The van der Waals surface area contributed by atoms with Crippen molar-refractivity contribution in [1.29, 1.82) is 0 Å². The van der Waals surface area contributed by atoms with Gasteiger partial charge in [0.1, 0.15) is 22.8 Å². The van der Waals surface area contributed by atoms with E-state index in [-0.39, 0.29) is 29.8 Å². The van der Waals surface area contributed by atoms with Gasteiger partial charge in [0.05, 0.1) is 33.9 Å². The fourth-order valence-electron chi connectivity index (χ4n) is 5.06. The first-order chi connectivity index (χ1) is 18.4. The number of hydrogen-bond donors (Lipinski definition) is 0. The van der Waals surface area contributed by atoms with Gasteiger partial charge in [-0.15, -0.1) is 0 Å². The van der Waals surface area contributed by atoms with Gasteiger partial charge < -0.3 is 23.7 Å². The normalized spacial score (nSPS) is 20.4. The fourth-order valence-corrected chi connectivity index (χ4v) is 5.06. The lowest BCUT2D eigenvalue weighted by atomic mass is 9.83. The summed E-state index contributed by atoms with van der Waals surface area (Å²) in [6, 6.07) is 7.15. The molecule has 0 bridgehead atoms. The largest absolute Gasteiger partial charge is 0.495 e. The van der Waals surface area contributed by atoms with Gasteiger partial charge in [0.15, 0.2) is 11.5 Å². The second kappa shape index (κ2) is 12.2. The molecular formula is C30H34O8. The van der Waals surface area contributed by atoms with Gasteiger partial charge in [-0.05, 0) is 61.9 Å². The molecule has 202 valence electrons. The zero-order valence-corrected chi connectivity index (χ0v) is 22.3. The molecule has 0 aliphatic carbocycles. The molecule has 0 amide bonds. The van der Waals surface area contributed by atoms with Crippen LogP contribution in [0.1, 0.15) is 84.8 Å². The summed E-state index contributed by atoms with van der Waals surface area (Å²) in [5.74, 6) is 0.597. The summed E-state index contributed by atoms with van der Waals surface area (Å²) < 4.78 is 28.2. The molecular weight excluding hydrogens is 488 g/mol. The first kappa shape index (κ1) is 27.2. The molecule has 2 aromatic carbocycles. The minimum Gasteiger partial charge on any atom is -0.495 e. The van der Waals surface area contributed by atoms with Crippen molar-refractivity contribution in [3.8, 4) is 23.0 Å². The highest BCUT2D eigenvalue weighted by Crippen LogP contribution is 2.48. The van der Waals surface area contributed by atoms with E-state index < -0.39 is 11.9 Å².